The van der Waals surface area contributed by atoms with E-state index < -0.39 is 35.3 Å². The topological polar surface area (TPSA) is 112 Å². The SMILES string of the molecule is CCCCCCCCCCCOc1ccc(C(OC[C@H]2O[C@@H](n3cc(C)c(=O)[nH]c3=O)C[C@@H]2O)(c2ccccc2)c2ccc(OC)cc2)cc1. The van der Waals surface area contributed by atoms with Gasteiger partial charge in [0, 0.05) is 18.2 Å². The van der Waals surface area contributed by atoms with Gasteiger partial charge in [-0.2, -0.15) is 0 Å². The van der Waals surface area contributed by atoms with Crippen molar-refractivity contribution in [3.63, 3.8) is 0 Å². The molecule has 2 heterocycles. The highest BCUT2D eigenvalue weighted by Crippen LogP contribution is 2.42. The van der Waals surface area contributed by atoms with Crippen LogP contribution in [0, 0.1) is 6.92 Å². The number of aliphatic hydroxyl groups is 1. The Hall–Kier alpha value is -4.18. The lowest BCUT2D eigenvalue weighted by atomic mass is 9.80. The second-order valence-corrected chi connectivity index (χ2v) is 13.2. The number of hydrogen-bond acceptors (Lipinski definition) is 7. The molecule has 0 aliphatic carbocycles. The van der Waals surface area contributed by atoms with E-state index in [1.54, 1.807) is 14.0 Å². The summed E-state index contributed by atoms with van der Waals surface area (Å²) in [4.78, 5) is 26.9. The monoisotopic (exact) mass is 684 g/mol. The summed E-state index contributed by atoms with van der Waals surface area (Å²) >= 11 is 0. The number of unbranched alkanes of at least 4 members (excludes halogenated alkanes) is 8. The van der Waals surface area contributed by atoms with Crippen LogP contribution in [-0.2, 0) is 15.1 Å². The average molecular weight is 685 g/mol. The quantitative estimate of drug-likeness (QED) is 0.0781. The Balaban J connectivity index is 1.35. The molecule has 1 aliphatic rings. The Labute approximate surface area is 295 Å². The van der Waals surface area contributed by atoms with Gasteiger partial charge in [-0.05, 0) is 54.3 Å². The molecule has 268 valence electrons. The number of methoxy groups -OCH3 is 1. The number of aromatic amines is 1. The Kier molecular flexibility index (Phi) is 13.5. The number of ether oxygens (including phenoxy) is 4. The van der Waals surface area contributed by atoms with Crippen molar-refractivity contribution in [1.82, 2.24) is 9.55 Å². The van der Waals surface area contributed by atoms with Crippen LogP contribution in [0.2, 0.25) is 0 Å². The van der Waals surface area contributed by atoms with Crippen molar-refractivity contribution in [2.75, 3.05) is 20.3 Å². The number of nitrogens with one attached hydrogen (secondary N) is 1. The highest BCUT2D eigenvalue weighted by Gasteiger charge is 2.42. The fraction of sp³-hybridized carbons (Fsp3) is 0.463. The number of benzene rings is 3. The highest BCUT2D eigenvalue weighted by molar-refractivity contribution is 5.49. The summed E-state index contributed by atoms with van der Waals surface area (Å²) in [5, 5.41) is 11.1. The molecular weight excluding hydrogens is 632 g/mol. The summed E-state index contributed by atoms with van der Waals surface area (Å²) < 4.78 is 26.1. The smallest absolute Gasteiger partial charge is 0.330 e. The molecule has 0 saturated carbocycles. The number of H-pyrrole nitrogens is 1. The van der Waals surface area contributed by atoms with Crippen LogP contribution < -0.4 is 20.7 Å². The number of aliphatic hydroxyl groups excluding tert-OH is 1. The molecule has 0 amide bonds. The minimum absolute atomic E-state index is 0.0204. The second kappa shape index (κ2) is 18.2. The third kappa shape index (κ3) is 9.13. The molecule has 1 aromatic heterocycles. The van der Waals surface area contributed by atoms with Crippen molar-refractivity contribution >= 4 is 0 Å². The lowest BCUT2D eigenvalue weighted by Crippen LogP contribution is -2.38. The van der Waals surface area contributed by atoms with Crippen molar-refractivity contribution in [3.05, 3.63) is 128 Å². The minimum atomic E-state index is -1.09. The van der Waals surface area contributed by atoms with E-state index in [0.717, 1.165) is 34.6 Å². The molecule has 50 heavy (non-hydrogen) atoms. The van der Waals surface area contributed by atoms with Gasteiger partial charge in [0.15, 0.2) is 0 Å². The van der Waals surface area contributed by atoms with E-state index in [9.17, 15) is 14.7 Å². The number of aryl methyl sites for hydroxylation is 1. The Bertz CT molecular complexity index is 1720. The fourth-order valence-corrected chi connectivity index (χ4v) is 6.68. The molecule has 3 aromatic carbocycles. The maximum absolute atomic E-state index is 12.6. The molecule has 5 rings (SSSR count). The van der Waals surface area contributed by atoms with Gasteiger partial charge in [-0.1, -0.05) is 113 Å². The van der Waals surface area contributed by atoms with Crippen LogP contribution in [0.4, 0.5) is 0 Å². The molecule has 2 N–H and O–H groups in total. The van der Waals surface area contributed by atoms with Crippen LogP contribution in [0.25, 0.3) is 0 Å². The Morgan fingerprint density at radius 2 is 1.40 bits per heavy atom. The zero-order valence-corrected chi connectivity index (χ0v) is 29.6. The van der Waals surface area contributed by atoms with Crippen molar-refractivity contribution in [3.8, 4) is 11.5 Å². The molecule has 1 saturated heterocycles. The van der Waals surface area contributed by atoms with E-state index in [1.807, 2.05) is 78.9 Å². The van der Waals surface area contributed by atoms with E-state index >= 15 is 0 Å². The van der Waals surface area contributed by atoms with Crippen LogP contribution in [0.15, 0.2) is 94.6 Å². The maximum atomic E-state index is 12.6. The first kappa shape index (κ1) is 37.1. The maximum Gasteiger partial charge on any atom is 0.330 e. The minimum Gasteiger partial charge on any atom is -0.497 e. The zero-order valence-electron chi connectivity index (χ0n) is 29.6. The highest BCUT2D eigenvalue weighted by atomic mass is 16.6. The number of aromatic nitrogens is 2. The number of nitrogens with zero attached hydrogens (tertiary/aromatic N) is 1. The summed E-state index contributed by atoms with van der Waals surface area (Å²) in [6, 6.07) is 25.8. The lowest BCUT2D eigenvalue weighted by Gasteiger charge is -2.37. The summed E-state index contributed by atoms with van der Waals surface area (Å²) in [6.07, 6.45) is 10.6. The normalized spacial score (nSPS) is 18.5. The van der Waals surface area contributed by atoms with Crippen LogP contribution in [0.1, 0.15) is 99.6 Å². The van der Waals surface area contributed by atoms with Gasteiger partial charge in [-0.15, -0.1) is 0 Å². The Morgan fingerprint density at radius 1 is 0.820 bits per heavy atom. The van der Waals surface area contributed by atoms with Crippen molar-refractivity contribution in [2.45, 2.75) is 102 Å². The van der Waals surface area contributed by atoms with Gasteiger partial charge in [0.05, 0.1) is 26.4 Å². The van der Waals surface area contributed by atoms with E-state index in [-0.39, 0.29) is 13.0 Å². The molecule has 4 aromatic rings. The number of hydrogen-bond donors (Lipinski definition) is 2. The van der Waals surface area contributed by atoms with Gasteiger partial charge >= 0.3 is 5.69 Å². The first-order chi connectivity index (χ1) is 24.3. The van der Waals surface area contributed by atoms with Crippen molar-refractivity contribution < 1.29 is 24.1 Å². The summed E-state index contributed by atoms with van der Waals surface area (Å²) in [5.41, 5.74) is 0.893. The standard InChI is InChI=1S/C41H52N2O7/c1-4-5-6-7-8-9-10-11-15-26-48-35-24-20-33(21-25-35)41(31-16-13-12-14-17-31,32-18-22-34(47-3)23-19-32)49-29-37-36(44)27-38(50-37)43-28-30(2)39(45)42-40(43)46/h12-14,16-25,28,36-38,44H,4-11,15,26-27,29H2,1-3H3,(H,42,45,46)/t36-,37+,38+,41?/m0/s1. The molecule has 1 unspecified atom stereocenters. The molecule has 1 aliphatic heterocycles. The number of rotatable bonds is 19. The molecule has 9 heteroatoms. The van der Waals surface area contributed by atoms with E-state index in [2.05, 4.69) is 11.9 Å². The van der Waals surface area contributed by atoms with Crippen molar-refractivity contribution in [2.24, 2.45) is 0 Å². The van der Waals surface area contributed by atoms with Crippen LogP contribution in [0.5, 0.6) is 11.5 Å². The zero-order chi connectivity index (χ0) is 35.3. The predicted molar refractivity (Wildman–Crippen MR) is 195 cm³/mol. The third-order valence-corrected chi connectivity index (χ3v) is 9.58. The molecule has 9 nitrogen and oxygen atoms in total. The second-order valence-electron chi connectivity index (χ2n) is 13.2. The van der Waals surface area contributed by atoms with Crippen LogP contribution >= 0.6 is 0 Å². The summed E-state index contributed by atoms with van der Waals surface area (Å²) in [7, 11) is 1.63. The summed E-state index contributed by atoms with van der Waals surface area (Å²) in [6.45, 7) is 4.56. The third-order valence-electron chi connectivity index (χ3n) is 9.58. The molecule has 0 spiro atoms. The van der Waals surface area contributed by atoms with Crippen molar-refractivity contribution in [1.29, 1.82) is 0 Å². The van der Waals surface area contributed by atoms with Gasteiger partial charge in [0.2, 0.25) is 0 Å². The largest absolute Gasteiger partial charge is 0.497 e. The average Bonchev–Trinajstić information content (AvgIpc) is 3.51. The van der Waals surface area contributed by atoms with E-state index in [0.29, 0.717) is 12.2 Å². The summed E-state index contributed by atoms with van der Waals surface area (Å²) in [5.74, 6) is 1.51. The van der Waals surface area contributed by atoms with E-state index in [1.165, 1.54) is 62.1 Å². The molecule has 0 radical (unpaired) electrons. The molecule has 0 bridgehead atoms. The fourth-order valence-electron chi connectivity index (χ4n) is 6.68. The lowest BCUT2D eigenvalue weighted by molar-refractivity contribution is -0.0944. The van der Waals surface area contributed by atoms with E-state index in [4.69, 9.17) is 18.9 Å². The van der Waals surface area contributed by atoms with Gasteiger partial charge in [-0.3, -0.25) is 14.3 Å². The van der Waals surface area contributed by atoms with Gasteiger partial charge < -0.3 is 24.1 Å². The Morgan fingerprint density at radius 3 is 2.02 bits per heavy atom. The van der Waals surface area contributed by atoms with Gasteiger partial charge in [-0.25, -0.2) is 4.79 Å². The molecule has 4 atom stereocenters. The predicted octanol–water partition coefficient (Wildman–Crippen LogP) is 7.42. The first-order valence-corrected chi connectivity index (χ1v) is 18.1. The molecular formula is C41H52N2O7. The first-order valence-electron chi connectivity index (χ1n) is 18.1. The molecule has 1 fully saturated rings. The van der Waals surface area contributed by atoms with Gasteiger partial charge in [0.1, 0.15) is 29.4 Å². The van der Waals surface area contributed by atoms with Crippen LogP contribution in [-0.4, -0.2) is 47.2 Å². The van der Waals surface area contributed by atoms with Gasteiger partial charge in [0.25, 0.3) is 5.56 Å². The van der Waals surface area contributed by atoms with Crippen LogP contribution in [0.3, 0.4) is 0 Å².